The minimum atomic E-state index is -2.50. The van der Waals surface area contributed by atoms with E-state index >= 15 is 0 Å². The molecule has 10 heteroatoms. The first-order chi connectivity index (χ1) is 12.0. The standard InChI is InChI=1S/C16H35O7Si2.W/c1-17-24(18-2,19-3)13-7-9-16(11-12-23-15-16)10-8-14-25(20-4,21-5)22-6;/h12H,7-11,13-15H2,1-6H3;/q-1;. The van der Waals surface area contributed by atoms with E-state index in [0.29, 0.717) is 0 Å². The second-order valence-corrected chi connectivity index (χ2v) is 12.7. The van der Waals surface area contributed by atoms with Gasteiger partial charge < -0.3 is 31.3 Å². The molecule has 0 radical (unpaired) electrons. The van der Waals surface area contributed by atoms with Crippen molar-refractivity contribution >= 4 is 17.6 Å². The number of ether oxygens (including phenoxy) is 1. The Bertz CT molecular complexity index is 318. The second kappa shape index (κ2) is 13.1. The first kappa shape index (κ1) is 26.8. The third-order valence-corrected chi connectivity index (χ3v) is 10.9. The molecule has 0 bridgehead atoms. The summed E-state index contributed by atoms with van der Waals surface area (Å²) in [6.07, 6.45) is 5.04. The van der Waals surface area contributed by atoms with Crippen molar-refractivity contribution in [3.63, 3.8) is 0 Å². The zero-order chi connectivity index (χ0) is 18.8. The van der Waals surface area contributed by atoms with Crippen molar-refractivity contribution in [2.24, 2.45) is 5.41 Å². The zero-order valence-electron chi connectivity index (χ0n) is 17.0. The topological polar surface area (TPSA) is 64.6 Å². The number of hydrogen-bond acceptors (Lipinski definition) is 7. The molecule has 0 N–H and O–H groups in total. The molecule has 0 aromatic heterocycles. The summed E-state index contributed by atoms with van der Waals surface area (Å²) >= 11 is 0. The average Bonchev–Trinajstić information content (AvgIpc) is 3.12. The van der Waals surface area contributed by atoms with Crippen LogP contribution in [0.2, 0.25) is 12.1 Å². The molecule has 1 fully saturated rings. The Morgan fingerprint density at radius 1 is 0.769 bits per heavy atom. The van der Waals surface area contributed by atoms with E-state index in [4.69, 9.17) is 31.3 Å². The van der Waals surface area contributed by atoms with Crippen LogP contribution in [-0.2, 0) is 52.4 Å². The molecule has 26 heavy (non-hydrogen) atoms. The molecular formula is C16H35O7Si2W-. The van der Waals surface area contributed by atoms with Gasteiger partial charge in [0.25, 0.3) is 0 Å². The molecule has 0 saturated carbocycles. The Morgan fingerprint density at radius 2 is 1.15 bits per heavy atom. The van der Waals surface area contributed by atoms with Crippen LogP contribution in [0, 0.1) is 12.0 Å². The predicted octanol–water partition coefficient (Wildman–Crippen LogP) is 2.87. The van der Waals surface area contributed by atoms with Crippen molar-refractivity contribution in [2.45, 2.75) is 44.2 Å². The minimum absolute atomic E-state index is 0. The maximum Gasteiger partial charge on any atom is 0.500 e. The summed E-state index contributed by atoms with van der Waals surface area (Å²) in [4.78, 5) is 0. The van der Waals surface area contributed by atoms with Gasteiger partial charge in [0.2, 0.25) is 0 Å². The molecule has 1 saturated heterocycles. The molecule has 0 aromatic rings. The van der Waals surface area contributed by atoms with E-state index in [0.717, 1.165) is 50.8 Å². The van der Waals surface area contributed by atoms with Crippen LogP contribution in [0.5, 0.6) is 0 Å². The first-order valence-electron chi connectivity index (χ1n) is 8.73. The van der Waals surface area contributed by atoms with Crippen LogP contribution in [0.4, 0.5) is 0 Å². The zero-order valence-corrected chi connectivity index (χ0v) is 21.9. The Kier molecular flexibility index (Phi) is 13.6. The van der Waals surface area contributed by atoms with Crippen LogP contribution in [-0.4, -0.2) is 66.9 Å². The quantitative estimate of drug-likeness (QED) is 0.232. The molecule has 0 spiro atoms. The number of hydrogen-bond donors (Lipinski definition) is 0. The van der Waals surface area contributed by atoms with Gasteiger partial charge in [0.15, 0.2) is 0 Å². The fourth-order valence-electron chi connectivity index (χ4n) is 3.48. The third-order valence-electron chi connectivity index (χ3n) is 5.27. The van der Waals surface area contributed by atoms with Gasteiger partial charge >= 0.3 is 17.6 Å². The molecule has 1 heterocycles. The summed E-state index contributed by atoms with van der Waals surface area (Å²) < 4.78 is 38.7. The average molecular weight is 579 g/mol. The molecule has 0 amide bonds. The molecule has 7 nitrogen and oxygen atoms in total. The summed E-state index contributed by atoms with van der Waals surface area (Å²) in [5.41, 5.74) is 0.157. The second-order valence-electron chi connectivity index (χ2n) is 6.48. The van der Waals surface area contributed by atoms with Gasteiger partial charge in [0.05, 0.1) is 0 Å². The Balaban J connectivity index is 0.00000625. The van der Waals surface area contributed by atoms with Crippen LogP contribution in [0.1, 0.15) is 32.1 Å². The minimum Gasteiger partial charge on any atom is -0.552 e. The Labute approximate surface area is 175 Å². The monoisotopic (exact) mass is 579 g/mol. The normalized spacial score (nSPS) is 17.3. The van der Waals surface area contributed by atoms with E-state index < -0.39 is 17.6 Å². The molecule has 0 aromatic carbocycles. The first-order valence-corrected chi connectivity index (χ1v) is 12.6. The van der Waals surface area contributed by atoms with Crippen molar-refractivity contribution in [1.82, 2.24) is 0 Å². The van der Waals surface area contributed by atoms with Crippen molar-refractivity contribution in [3.05, 3.63) is 6.61 Å². The fourth-order valence-corrected chi connectivity index (χ4v) is 6.92. The van der Waals surface area contributed by atoms with Gasteiger partial charge in [-0.05, 0) is 31.1 Å². The van der Waals surface area contributed by atoms with Crippen molar-refractivity contribution in [2.75, 3.05) is 49.3 Å². The molecule has 156 valence electrons. The van der Waals surface area contributed by atoms with Gasteiger partial charge in [-0.25, -0.2) is 6.61 Å². The van der Waals surface area contributed by atoms with E-state index in [9.17, 15) is 0 Å². The van der Waals surface area contributed by atoms with Gasteiger partial charge in [-0.15, -0.1) is 6.42 Å². The SMILES string of the molecule is CO[Si](CCCC1(CCC[Si](OC)(OC)OC)C[CH-]OC1)(OC)OC.[W]. The van der Waals surface area contributed by atoms with Crippen LogP contribution in [0.15, 0.2) is 0 Å². The van der Waals surface area contributed by atoms with Crippen molar-refractivity contribution in [1.29, 1.82) is 0 Å². The number of rotatable bonds is 14. The van der Waals surface area contributed by atoms with E-state index in [1.807, 2.05) is 6.61 Å². The molecule has 0 atom stereocenters. The van der Waals surface area contributed by atoms with Crippen LogP contribution < -0.4 is 0 Å². The molecule has 1 aliphatic heterocycles. The molecule has 0 aliphatic carbocycles. The van der Waals surface area contributed by atoms with Gasteiger partial charge in [-0.2, -0.15) is 0 Å². The van der Waals surface area contributed by atoms with Crippen molar-refractivity contribution in [3.8, 4) is 0 Å². The van der Waals surface area contributed by atoms with E-state index in [1.54, 1.807) is 42.7 Å². The summed E-state index contributed by atoms with van der Waals surface area (Å²) in [7, 11) is 4.94. The predicted molar refractivity (Wildman–Crippen MR) is 98.9 cm³/mol. The van der Waals surface area contributed by atoms with E-state index in [2.05, 4.69) is 0 Å². The fraction of sp³-hybridized carbons (Fsp3) is 0.938. The van der Waals surface area contributed by atoms with Gasteiger partial charge in [0.1, 0.15) is 0 Å². The Morgan fingerprint density at radius 3 is 1.42 bits per heavy atom. The van der Waals surface area contributed by atoms with Gasteiger partial charge in [-0.3, -0.25) is 0 Å². The summed E-state index contributed by atoms with van der Waals surface area (Å²) in [5, 5.41) is 0. The van der Waals surface area contributed by atoms with Crippen LogP contribution in [0.3, 0.4) is 0 Å². The smallest absolute Gasteiger partial charge is 0.500 e. The van der Waals surface area contributed by atoms with Crippen LogP contribution in [0.25, 0.3) is 0 Å². The van der Waals surface area contributed by atoms with E-state index in [1.165, 1.54) is 0 Å². The maximum absolute atomic E-state index is 5.59. The molecular weight excluding hydrogens is 544 g/mol. The van der Waals surface area contributed by atoms with E-state index in [-0.39, 0.29) is 26.5 Å². The summed E-state index contributed by atoms with van der Waals surface area (Å²) in [6.45, 7) is 2.69. The largest absolute Gasteiger partial charge is 0.552 e. The maximum atomic E-state index is 5.59. The molecule has 0 unspecified atom stereocenters. The third kappa shape index (κ3) is 7.35. The Hall–Kier alpha value is 0.842. The van der Waals surface area contributed by atoms with Gasteiger partial charge in [0, 0.05) is 82.4 Å². The molecule has 1 aliphatic rings. The molecule has 1 rings (SSSR count). The summed E-state index contributed by atoms with van der Waals surface area (Å²) in [6, 6.07) is 1.62. The van der Waals surface area contributed by atoms with Crippen LogP contribution >= 0.6 is 0 Å². The summed E-state index contributed by atoms with van der Waals surface area (Å²) in [5.74, 6) is 0. The van der Waals surface area contributed by atoms with Gasteiger partial charge in [-0.1, -0.05) is 0 Å². The van der Waals surface area contributed by atoms with Crippen molar-refractivity contribution < 1.29 is 52.4 Å².